The minimum Gasteiger partial charge on any atom is -0.489 e. The molecule has 1 saturated heterocycles. The summed E-state index contributed by atoms with van der Waals surface area (Å²) in [6, 6.07) is 3.22. The van der Waals surface area contributed by atoms with E-state index in [9.17, 15) is 0 Å². The standard InChI is InChI=1S/C12H16Cl2N2O2/c1-16-2-3-17-8(6-16)7-18-12-5-10(14)9(13)4-11(12)15/h4-5,8H,2-3,6-7,15H2,1H3. The third-order valence-corrected chi connectivity index (χ3v) is 3.54. The van der Waals surface area contributed by atoms with Crippen LogP contribution in [0.1, 0.15) is 0 Å². The van der Waals surface area contributed by atoms with Crippen LogP contribution in [-0.4, -0.2) is 44.4 Å². The van der Waals surface area contributed by atoms with Crippen LogP contribution in [0.2, 0.25) is 10.0 Å². The number of rotatable bonds is 3. The Labute approximate surface area is 117 Å². The normalized spacial score (nSPS) is 20.9. The van der Waals surface area contributed by atoms with Crippen molar-refractivity contribution in [2.24, 2.45) is 0 Å². The molecule has 1 unspecified atom stereocenters. The van der Waals surface area contributed by atoms with Gasteiger partial charge in [0.25, 0.3) is 0 Å². The predicted octanol–water partition coefficient (Wildman–Crippen LogP) is 2.29. The molecule has 0 bridgehead atoms. The van der Waals surface area contributed by atoms with Gasteiger partial charge in [0.2, 0.25) is 0 Å². The SMILES string of the molecule is CN1CCOC(COc2cc(Cl)c(Cl)cc2N)C1. The number of benzene rings is 1. The van der Waals surface area contributed by atoms with Crippen molar-refractivity contribution in [2.75, 3.05) is 39.1 Å². The fraction of sp³-hybridized carbons (Fsp3) is 0.500. The highest BCUT2D eigenvalue weighted by Crippen LogP contribution is 2.32. The van der Waals surface area contributed by atoms with Crippen LogP contribution in [0.15, 0.2) is 12.1 Å². The van der Waals surface area contributed by atoms with Gasteiger partial charge in [0.05, 0.1) is 22.3 Å². The molecular weight excluding hydrogens is 275 g/mol. The molecule has 1 aliphatic heterocycles. The van der Waals surface area contributed by atoms with Crippen LogP contribution in [-0.2, 0) is 4.74 Å². The van der Waals surface area contributed by atoms with Gasteiger partial charge in [-0.25, -0.2) is 0 Å². The number of nitrogen functional groups attached to an aromatic ring is 1. The first-order chi connectivity index (χ1) is 8.56. The second kappa shape index (κ2) is 5.97. The maximum atomic E-state index is 5.92. The Morgan fingerprint density at radius 1 is 1.44 bits per heavy atom. The summed E-state index contributed by atoms with van der Waals surface area (Å²) in [4.78, 5) is 2.20. The number of nitrogens with zero attached hydrogens (tertiary/aromatic N) is 1. The topological polar surface area (TPSA) is 47.7 Å². The number of halogens is 2. The Kier molecular flexibility index (Phi) is 4.56. The summed E-state index contributed by atoms with van der Waals surface area (Å²) < 4.78 is 11.2. The van der Waals surface area contributed by atoms with E-state index in [1.165, 1.54) is 0 Å². The molecule has 0 radical (unpaired) electrons. The lowest BCUT2D eigenvalue weighted by Gasteiger charge is -2.29. The zero-order valence-electron chi connectivity index (χ0n) is 10.2. The Hall–Kier alpha value is -0.680. The fourth-order valence-electron chi connectivity index (χ4n) is 1.82. The summed E-state index contributed by atoms with van der Waals surface area (Å²) in [5.41, 5.74) is 6.29. The van der Waals surface area contributed by atoms with E-state index >= 15 is 0 Å². The van der Waals surface area contributed by atoms with Crippen molar-refractivity contribution < 1.29 is 9.47 Å². The van der Waals surface area contributed by atoms with Crippen molar-refractivity contribution in [3.05, 3.63) is 22.2 Å². The molecule has 0 aromatic heterocycles. The van der Waals surface area contributed by atoms with Gasteiger partial charge in [-0.2, -0.15) is 0 Å². The van der Waals surface area contributed by atoms with E-state index in [2.05, 4.69) is 11.9 Å². The van der Waals surface area contributed by atoms with E-state index in [-0.39, 0.29) is 6.10 Å². The number of anilines is 1. The number of hydrogen-bond donors (Lipinski definition) is 1. The monoisotopic (exact) mass is 290 g/mol. The second-order valence-electron chi connectivity index (χ2n) is 4.37. The lowest BCUT2D eigenvalue weighted by Crippen LogP contribution is -2.42. The van der Waals surface area contributed by atoms with Crippen LogP contribution < -0.4 is 10.5 Å². The Morgan fingerprint density at radius 3 is 2.89 bits per heavy atom. The van der Waals surface area contributed by atoms with E-state index in [4.69, 9.17) is 38.4 Å². The van der Waals surface area contributed by atoms with Gasteiger partial charge in [0.15, 0.2) is 0 Å². The van der Waals surface area contributed by atoms with Crippen LogP contribution in [0.3, 0.4) is 0 Å². The quantitative estimate of drug-likeness (QED) is 0.868. The highest BCUT2D eigenvalue weighted by Gasteiger charge is 2.18. The van der Waals surface area contributed by atoms with Crippen molar-refractivity contribution in [2.45, 2.75) is 6.10 Å². The van der Waals surface area contributed by atoms with Gasteiger partial charge in [-0.1, -0.05) is 23.2 Å². The molecule has 100 valence electrons. The molecule has 1 aromatic rings. The van der Waals surface area contributed by atoms with Crippen LogP contribution in [0.25, 0.3) is 0 Å². The average molecular weight is 291 g/mol. The summed E-state index contributed by atoms with van der Waals surface area (Å²) in [6.45, 7) is 2.97. The molecule has 0 saturated carbocycles. The lowest BCUT2D eigenvalue weighted by molar-refractivity contribution is -0.0402. The van der Waals surface area contributed by atoms with Crippen molar-refractivity contribution in [3.8, 4) is 5.75 Å². The molecule has 2 rings (SSSR count). The smallest absolute Gasteiger partial charge is 0.143 e. The molecule has 1 fully saturated rings. The Bertz CT molecular complexity index is 429. The molecule has 0 spiro atoms. The molecule has 2 N–H and O–H groups in total. The summed E-state index contributed by atoms with van der Waals surface area (Å²) >= 11 is 11.8. The van der Waals surface area contributed by atoms with E-state index < -0.39 is 0 Å². The highest BCUT2D eigenvalue weighted by molar-refractivity contribution is 6.42. The largest absolute Gasteiger partial charge is 0.489 e. The molecule has 4 nitrogen and oxygen atoms in total. The van der Waals surface area contributed by atoms with Gasteiger partial charge < -0.3 is 20.1 Å². The third kappa shape index (κ3) is 3.42. The van der Waals surface area contributed by atoms with Crippen LogP contribution in [0.5, 0.6) is 5.75 Å². The molecule has 0 amide bonds. The summed E-state index contributed by atoms with van der Waals surface area (Å²) in [6.07, 6.45) is 0.0533. The van der Waals surface area contributed by atoms with Crippen molar-refractivity contribution >= 4 is 28.9 Å². The summed E-state index contributed by atoms with van der Waals surface area (Å²) in [5.74, 6) is 0.543. The van der Waals surface area contributed by atoms with Gasteiger partial charge >= 0.3 is 0 Å². The minimum atomic E-state index is 0.0533. The number of nitrogens with two attached hydrogens (primary N) is 1. The van der Waals surface area contributed by atoms with Crippen LogP contribution in [0.4, 0.5) is 5.69 Å². The summed E-state index contributed by atoms with van der Waals surface area (Å²) in [5, 5.41) is 0.859. The first-order valence-electron chi connectivity index (χ1n) is 5.73. The van der Waals surface area contributed by atoms with Gasteiger partial charge in [0, 0.05) is 19.2 Å². The summed E-state index contributed by atoms with van der Waals surface area (Å²) in [7, 11) is 2.06. The number of hydrogen-bond acceptors (Lipinski definition) is 4. The Balaban J connectivity index is 1.95. The highest BCUT2D eigenvalue weighted by atomic mass is 35.5. The maximum absolute atomic E-state index is 5.92. The zero-order chi connectivity index (χ0) is 13.1. The lowest BCUT2D eigenvalue weighted by atomic mass is 10.3. The van der Waals surface area contributed by atoms with Gasteiger partial charge in [-0.15, -0.1) is 0 Å². The van der Waals surface area contributed by atoms with Crippen molar-refractivity contribution in [1.82, 2.24) is 4.90 Å². The van der Waals surface area contributed by atoms with Crippen molar-refractivity contribution in [3.63, 3.8) is 0 Å². The molecule has 0 aliphatic carbocycles. The molecule has 6 heteroatoms. The molecule has 1 aliphatic rings. The second-order valence-corrected chi connectivity index (χ2v) is 5.18. The molecule has 1 atom stereocenters. The minimum absolute atomic E-state index is 0.0533. The van der Waals surface area contributed by atoms with Gasteiger partial charge in [-0.3, -0.25) is 0 Å². The van der Waals surface area contributed by atoms with Crippen LogP contribution >= 0.6 is 23.2 Å². The molecule has 1 aromatic carbocycles. The molecule has 18 heavy (non-hydrogen) atoms. The number of ether oxygens (including phenoxy) is 2. The third-order valence-electron chi connectivity index (χ3n) is 2.82. The maximum Gasteiger partial charge on any atom is 0.143 e. The van der Waals surface area contributed by atoms with Gasteiger partial charge in [0.1, 0.15) is 18.5 Å². The fourth-order valence-corrected chi connectivity index (χ4v) is 2.15. The molecular formula is C12H16Cl2N2O2. The predicted molar refractivity (Wildman–Crippen MR) is 73.6 cm³/mol. The van der Waals surface area contributed by atoms with Crippen LogP contribution in [0, 0.1) is 0 Å². The number of likely N-dealkylation sites (N-methyl/N-ethyl adjacent to an activating group) is 1. The average Bonchev–Trinajstić information content (AvgIpc) is 2.32. The Morgan fingerprint density at radius 2 is 2.17 bits per heavy atom. The number of morpholine rings is 1. The van der Waals surface area contributed by atoms with E-state index in [1.54, 1.807) is 12.1 Å². The van der Waals surface area contributed by atoms with Gasteiger partial charge in [-0.05, 0) is 13.1 Å². The van der Waals surface area contributed by atoms with E-state index in [1.807, 2.05) is 0 Å². The first-order valence-corrected chi connectivity index (χ1v) is 6.49. The molecule has 1 heterocycles. The van der Waals surface area contributed by atoms with Crippen molar-refractivity contribution in [1.29, 1.82) is 0 Å². The van der Waals surface area contributed by atoms with E-state index in [0.717, 1.165) is 19.7 Å². The van der Waals surface area contributed by atoms with E-state index in [0.29, 0.717) is 28.1 Å². The zero-order valence-corrected chi connectivity index (χ0v) is 11.7. The first kappa shape index (κ1) is 13.7.